The van der Waals surface area contributed by atoms with Crippen molar-refractivity contribution in [3.8, 4) is 0 Å². The lowest BCUT2D eigenvalue weighted by Crippen LogP contribution is -2.33. The van der Waals surface area contributed by atoms with Gasteiger partial charge in [-0.3, -0.25) is 4.79 Å². The molecule has 0 radical (unpaired) electrons. The minimum absolute atomic E-state index is 0.328. The van der Waals surface area contributed by atoms with Crippen molar-refractivity contribution in [1.82, 2.24) is 0 Å². The molecule has 0 aromatic heterocycles. The number of hydrogen-bond acceptors (Lipinski definition) is 4. The number of carbonyl (C=O) groups is 1. The summed E-state index contributed by atoms with van der Waals surface area (Å²) >= 11 is 1.69. The second-order valence-electron chi connectivity index (χ2n) is 2.41. The van der Waals surface area contributed by atoms with Crippen molar-refractivity contribution in [3.05, 3.63) is 0 Å². The molecular formula is C7H15NO2S. The zero-order valence-electron chi connectivity index (χ0n) is 7.16. The van der Waals surface area contributed by atoms with Gasteiger partial charge in [0.05, 0.1) is 7.11 Å². The Morgan fingerprint density at radius 2 is 2.27 bits per heavy atom. The molecule has 0 rings (SSSR count). The summed E-state index contributed by atoms with van der Waals surface area (Å²) in [5.41, 5.74) is 5.52. The summed E-state index contributed by atoms with van der Waals surface area (Å²) in [4.78, 5) is 10.8. The van der Waals surface area contributed by atoms with Crippen molar-refractivity contribution in [1.29, 1.82) is 0 Å². The van der Waals surface area contributed by atoms with E-state index in [1.807, 2.05) is 13.2 Å². The number of esters is 1. The molecule has 0 aliphatic carbocycles. The zero-order chi connectivity index (χ0) is 8.85. The number of nitrogens with two attached hydrogens (primary N) is 1. The number of methoxy groups -OCH3 is 1. The summed E-state index contributed by atoms with van der Waals surface area (Å²) in [7, 11) is 1.35. The minimum atomic E-state index is -0.470. The maximum absolute atomic E-state index is 10.8. The molecule has 3 nitrogen and oxygen atoms in total. The van der Waals surface area contributed by atoms with Crippen LogP contribution in [0.4, 0.5) is 0 Å². The number of rotatable bonds is 4. The van der Waals surface area contributed by atoms with E-state index in [0.29, 0.717) is 11.7 Å². The SMILES string of the molecule is COC(=O)[C@@H](N)CC(C)SC. The number of ether oxygens (including phenoxy) is 1. The van der Waals surface area contributed by atoms with Gasteiger partial charge in [-0.25, -0.2) is 0 Å². The first-order valence-electron chi connectivity index (χ1n) is 3.48. The number of carbonyl (C=O) groups excluding carboxylic acids is 1. The van der Waals surface area contributed by atoms with Crippen molar-refractivity contribution < 1.29 is 9.53 Å². The predicted octanol–water partition coefficient (Wildman–Crippen LogP) is 0.628. The topological polar surface area (TPSA) is 52.3 Å². The third-order valence-electron chi connectivity index (χ3n) is 1.49. The standard InChI is InChI=1S/C7H15NO2S/c1-5(11-3)4-6(8)7(9)10-2/h5-6H,4,8H2,1-3H3/t5?,6-/m0/s1. The first-order valence-corrected chi connectivity index (χ1v) is 4.76. The van der Waals surface area contributed by atoms with Gasteiger partial charge in [0.25, 0.3) is 0 Å². The van der Waals surface area contributed by atoms with E-state index in [1.165, 1.54) is 7.11 Å². The molecule has 0 saturated heterocycles. The van der Waals surface area contributed by atoms with Crippen LogP contribution in [-0.4, -0.2) is 30.6 Å². The van der Waals surface area contributed by atoms with Gasteiger partial charge >= 0.3 is 5.97 Å². The van der Waals surface area contributed by atoms with E-state index in [0.717, 1.165) is 0 Å². The van der Waals surface area contributed by atoms with Crippen molar-refractivity contribution in [2.24, 2.45) is 5.73 Å². The van der Waals surface area contributed by atoms with E-state index < -0.39 is 6.04 Å². The van der Waals surface area contributed by atoms with Crippen LogP contribution < -0.4 is 5.73 Å². The Labute approximate surface area is 71.7 Å². The molecule has 1 unspecified atom stereocenters. The molecule has 0 aromatic carbocycles. The Bertz CT molecular complexity index is 130. The molecule has 0 aliphatic heterocycles. The molecule has 2 atom stereocenters. The number of thioether (sulfide) groups is 1. The molecule has 0 amide bonds. The van der Waals surface area contributed by atoms with Crippen LogP contribution in [0.3, 0.4) is 0 Å². The molecule has 11 heavy (non-hydrogen) atoms. The third kappa shape index (κ3) is 4.27. The van der Waals surface area contributed by atoms with Crippen molar-refractivity contribution >= 4 is 17.7 Å². The van der Waals surface area contributed by atoms with Crippen LogP contribution in [0.2, 0.25) is 0 Å². The van der Waals surface area contributed by atoms with Gasteiger partial charge in [-0.15, -0.1) is 0 Å². The molecule has 4 heteroatoms. The molecule has 0 saturated carbocycles. The van der Waals surface area contributed by atoms with E-state index in [4.69, 9.17) is 5.73 Å². The summed E-state index contributed by atoms with van der Waals surface area (Å²) in [5, 5.41) is 0.407. The maximum Gasteiger partial charge on any atom is 0.322 e. The summed E-state index contributed by atoms with van der Waals surface area (Å²) in [6, 6.07) is -0.470. The Balaban J connectivity index is 3.67. The molecule has 2 N–H and O–H groups in total. The third-order valence-corrected chi connectivity index (χ3v) is 2.49. The van der Waals surface area contributed by atoms with Gasteiger partial charge < -0.3 is 10.5 Å². The van der Waals surface area contributed by atoms with Gasteiger partial charge in [-0.1, -0.05) is 6.92 Å². The fraction of sp³-hybridized carbons (Fsp3) is 0.857. The van der Waals surface area contributed by atoms with E-state index in [-0.39, 0.29) is 5.97 Å². The van der Waals surface area contributed by atoms with Crippen molar-refractivity contribution in [3.63, 3.8) is 0 Å². The van der Waals surface area contributed by atoms with Crippen molar-refractivity contribution in [2.45, 2.75) is 24.6 Å². The van der Waals surface area contributed by atoms with Gasteiger partial charge in [0.15, 0.2) is 0 Å². The highest BCUT2D eigenvalue weighted by atomic mass is 32.2. The van der Waals surface area contributed by atoms with Crippen LogP contribution in [0.15, 0.2) is 0 Å². The Morgan fingerprint density at radius 3 is 2.64 bits per heavy atom. The highest BCUT2D eigenvalue weighted by Crippen LogP contribution is 2.11. The van der Waals surface area contributed by atoms with Crippen molar-refractivity contribution in [2.75, 3.05) is 13.4 Å². The fourth-order valence-corrected chi connectivity index (χ4v) is 1.10. The summed E-state index contributed by atoms with van der Waals surface area (Å²) in [5.74, 6) is -0.328. The first kappa shape index (κ1) is 10.8. The van der Waals surface area contributed by atoms with E-state index in [2.05, 4.69) is 4.74 Å². The maximum atomic E-state index is 10.8. The molecule has 0 spiro atoms. The second-order valence-corrected chi connectivity index (χ2v) is 3.69. The first-order chi connectivity index (χ1) is 5.11. The lowest BCUT2D eigenvalue weighted by Gasteiger charge is -2.12. The molecule has 66 valence electrons. The van der Waals surface area contributed by atoms with Crippen LogP contribution in [0.1, 0.15) is 13.3 Å². The van der Waals surface area contributed by atoms with Gasteiger partial charge in [0, 0.05) is 5.25 Å². The molecular weight excluding hydrogens is 162 g/mol. The Kier molecular flexibility index (Phi) is 5.32. The van der Waals surface area contributed by atoms with Gasteiger partial charge in [-0.05, 0) is 12.7 Å². The molecule has 0 fully saturated rings. The highest BCUT2D eigenvalue weighted by Gasteiger charge is 2.15. The lowest BCUT2D eigenvalue weighted by atomic mass is 10.2. The predicted molar refractivity (Wildman–Crippen MR) is 47.6 cm³/mol. The summed E-state index contributed by atoms with van der Waals surface area (Å²) in [6.45, 7) is 2.04. The lowest BCUT2D eigenvalue weighted by molar-refractivity contribution is -0.142. The normalized spacial score (nSPS) is 15.6. The van der Waals surface area contributed by atoms with Crippen LogP contribution in [0.5, 0.6) is 0 Å². The molecule has 0 aromatic rings. The summed E-state index contributed by atoms with van der Waals surface area (Å²) < 4.78 is 4.48. The number of hydrogen-bond donors (Lipinski definition) is 1. The average molecular weight is 177 g/mol. The van der Waals surface area contributed by atoms with Gasteiger partial charge in [0.1, 0.15) is 6.04 Å². The monoisotopic (exact) mass is 177 g/mol. The average Bonchev–Trinajstić information content (AvgIpc) is 2.02. The van der Waals surface area contributed by atoms with E-state index >= 15 is 0 Å². The Morgan fingerprint density at radius 1 is 1.73 bits per heavy atom. The fourth-order valence-electron chi connectivity index (χ4n) is 0.701. The van der Waals surface area contributed by atoms with Gasteiger partial charge in [-0.2, -0.15) is 11.8 Å². The van der Waals surface area contributed by atoms with E-state index in [9.17, 15) is 4.79 Å². The molecule has 0 heterocycles. The largest absolute Gasteiger partial charge is 0.468 e. The smallest absolute Gasteiger partial charge is 0.322 e. The quantitative estimate of drug-likeness (QED) is 0.640. The van der Waals surface area contributed by atoms with E-state index in [1.54, 1.807) is 11.8 Å². The zero-order valence-corrected chi connectivity index (χ0v) is 7.98. The minimum Gasteiger partial charge on any atom is -0.468 e. The van der Waals surface area contributed by atoms with Crippen LogP contribution >= 0.6 is 11.8 Å². The van der Waals surface area contributed by atoms with Crippen LogP contribution in [0, 0.1) is 0 Å². The molecule has 0 bridgehead atoms. The Hall–Kier alpha value is -0.220. The summed E-state index contributed by atoms with van der Waals surface area (Å²) in [6.07, 6.45) is 2.67. The van der Waals surface area contributed by atoms with Crippen LogP contribution in [0.25, 0.3) is 0 Å². The molecule has 0 aliphatic rings. The van der Waals surface area contributed by atoms with Crippen LogP contribution in [-0.2, 0) is 9.53 Å². The highest BCUT2D eigenvalue weighted by molar-refractivity contribution is 7.99. The second kappa shape index (κ2) is 5.43. The van der Waals surface area contributed by atoms with Gasteiger partial charge in [0.2, 0.25) is 0 Å².